The van der Waals surface area contributed by atoms with Crippen LogP contribution >= 0.6 is 0 Å². The minimum atomic E-state index is -0.399. The third-order valence-corrected chi connectivity index (χ3v) is 1.97. The molecule has 0 atom stereocenters. The van der Waals surface area contributed by atoms with E-state index in [1.165, 1.54) is 7.11 Å². The van der Waals surface area contributed by atoms with Gasteiger partial charge in [0.05, 0.1) is 7.11 Å². The molecule has 0 saturated carbocycles. The van der Waals surface area contributed by atoms with Gasteiger partial charge in [-0.3, -0.25) is 0 Å². The highest BCUT2D eigenvalue weighted by Crippen LogP contribution is 2.35. The molecule has 1 aromatic rings. The van der Waals surface area contributed by atoms with Gasteiger partial charge < -0.3 is 14.3 Å². The van der Waals surface area contributed by atoms with Gasteiger partial charge >= 0.3 is 0 Å². The third-order valence-electron chi connectivity index (χ3n) is 1.97. The second-order valence-corrected chi connectivity index (χ2v) is 2.80. The second-order valence-electron chi connectivity index (χ2n) is 2.80. The zero-order chi connectivity index (χ0) is 9.97. The number of ether oxygens (including phenoxy) is 2. The van der Waals surface area contributed by atoms with E-state index in [4.69, 9.17) is 9.47 Å². The van der Waals surface area contributed by atoms with Gasteiger partial charge in [0.15, 0.2) is 11.6 Å². The van der Waals surface area contributed by atoms with Gasteiger partial charge in [-0.05, 0) is 6.07 Å². The molecule has 0 bridgehead atoms. The van der Waals surface area contributed by atoms with Crippen molar-refractivity contribution in [3.05, 3.63) is 23.5 Å². The van der Waals surface area contributed by atoms with Gasteiger partial charge in [-0.15, -0.1) is 0 Å². The van der Waals surface area contributed by atoms with Crippen molar-refractivity contribution in [1.29, 1.82) is 0 Å². The number of benzene rings is 1. The normalized spacial score (nSPS) is 13.3. The molecular weight excluding hydrogens is 189 g/mol. The molecule has 2 rings (SSSR count). The van der Waals surface area contributed by atoms with Gasteiger partial charge in [0.2, 0.25) is 12.5 Å². The topological polar surface area (TPSA) is 39.7 Å². The smallest absolute Gasteiger partial charge is 0.231 e. The highest BCUT2D eigenvalue weighted by molar-refractivity contribution is 5.45. The zero-order valence-corrected chi connectivity index (χ0v) is 7.67. The molecule has 0 radical (unpaired) electrons. The van der Waals surface area contributed by atoms with Crippen LogP contribution in [0.5, 0.6) is 11.5 Å². The summed E-state index contributed by atoms with van der Waals surface area (Å²) in [5.74, 6) is 0.230. The van der Waals surface area contributed by atoms with Crippen LogP contribution in [0.25, 0.3) is 0 Å². The number of nitrogens with one attached hydrogen (secondary N) is 1. The highest BCUT2D eigenvalue weighted by Gasteiger charge is 2.20. The van der Waals surface area contributed by atoms with Crippen molar-refractivity contribution in [2.75, 3.05) is 13.9 Å². The van der Waals surface area contributed by atoms with Crippen molar-refractivity contribution in [2.24, 2.45) is 0 Å². The van der Waals surface area contributed by atoms with Crippen molar-refractivity contribution in [3.63, 3.8) is 0 Å². The van der Waals surface area contributed by atoms with Crippen molar-refractivity contribution >= 4 is 0 Å². The van der Waals surface area contributed by atoms with Crippen LogP contribution < -0.4 is 15.0 Å². The number of rotatable bonds is 3. The Labute approximate surface area is 80.5 Å². The van der Waals surface area contributed by atoms with E-state index in [-0.39, 0.29) is 12.5 Å². The molecule has 1 aliphatic rings. The molecule has 0 aromatic heterocycles. The van der Waals surface area contributed by atoms with Crippen molar-refractivity contribution in [2.45, 2.75) is 6.54 Å². The molecule has 0 saturated heterocycles. The number of hydrogen-bond acceptors (Lipinski definition) is 4. The van der Waals surface area contributed by atoms with Crippen molar-refractivity contribution in [1.82, 2.24) is 5.48 Å². The Morgan fingerprint density at radius 1 is 1.50 bits per heavy atom. The van der Waals surface area contributed by atoms with E-state index < -0.39 is 5.82 Å². The van der Waals surface area contributed by atoms with E-state index in [1.54, 1.807) is 12.1 Å². The van der Waals surface area contributed by atoms with Crippen LogP contribution in [0.2, 0.25) is 0 Å². The monoisotopic (exact) mass is 199 g/mol. The largest absolute Gasteiger partial charge is 0.453 e. The standard InChI is InChI=1S/C9H10FNO3/c1-12-11-4-6-2-3-7-9(8(6)10)14-5-13-7/h2-3,11H,4-5H2,1H3. The first-order chi connectivity index (χ1) is 6.83. The van der Waals surface area contributed by atoms with Gasteiger partial charge in [-0.25, -0.2) is 4.39 Å². The number of fused-ring (bicyclic) bond motifs is 1. The van der Waals surface area contributed by atoms with E-state index in [9.17, 15) is 4.39 Å². The fourth-order valence-corrected chi connectivity index (χ4v) is 1.27. The van der Waals surface area contributed by atoms with Gasteiger partial charge in [0.1, 0.15) is 0 Å². The summed E-state index contributed by atoms with van der Waals surface area (Å²) in [6.07, 6.45) is 0. The minimum Gasteiger partial charge on any atom is -0.453 e. The summed E-state index contributed by atoms with van der Waals surface area (Å²) < 4.78 is 23.6. The van der Waals surface area contributed by atoms with Gasteiger partial charge in [-0.1, -0.05) is 6.07 Å². The Kier molecular flexibility index (Phi) is 2.51. The average Bonchev–Trinajstić information content (AvgIpc) is 2.66. The maximum Gasteiger partial charge on any atom is 0.231 e. The summed E-state index contributed by atoms with van der Waals surface area (Å²) in [5, 5.41) is 0. The van der Waals surface area contributed by atoms with Gasteiger partial charge in [-0.2, -0.15) is 5.48 Å². The molecule has 5 heteroatoms. The summed E-state index contributed by atoms with van der Waals surface area (Å²) in [4.78, 5) is 4.63. The lowest BCUT2D eigenvalue weighted by molar-refractivity contribution is 0.0858. The number of halogens is 1. The Balaban J connectivity index is 2.26. The first kappa shape index (κ1) is 9.23. The maximum atomic E-state index is 13.6. The van der Waals surface area contributed by atoms with Crippen LogP contribution in [0.1, 0.15) is 5.56 Å². The molecule has 4 nitrogen and oxygen atoms in total. The summed E-state index contributed by atoms with van der Waals surface area (Å²) in [6, 6.07) is 3.31. The van der Waals surface area contributed by atoms with Crippen LogP contribution in [0.3, 0.4) is 0 Å². The zero-order valence-electron chi connectivity index (χ0n) is 7.67. The van der Waals surface area contributed by atoms with Crippen LogP contribution in [0.15, 0.2) is 12.1 Å². The molecule has 0 spiro atoms. The maximum absolute atomic E-state index is 13.6. The average molecular weight is 199 g/mol. The lowest BCUT2D eigenvalue weighted by Gasteiger charge is -2.05. The SMILES string of the molecule is CONCc1ccc2c(c1F)OCO2. The fraction of sp³-hybridized carbons (Fsp3) is 0.333. The molecule has 1 heterocycles. The fourth-order valence-electron chi connectivity index (χ4n) is 1.27. The first-order valence-electron chi connectivity index (χ1n) is 4.15. The molecule has 76 valence electrons. The minimum absolute atomic E-state index is 0.0768. The molecule has 0 amide bonds. The molecule has 14 heavy (non-hydrogen) atoms. The van der Waals surface area contributed by atoms with E-state index >= 15 is 0 Å². The molecule has 0 fully saturated rings. The summed E-state index contributed by atoms with van der Waals surface area (Å²) >= 11 is 0. The van der Waals surface area contributed by atoms with Crippen molar-refractivity contribution < 1.29 is 18.7 Å². The quantitative estimate of drug-likeness (QED) is 0.742. The molecule has 1 N–H and O–H groups in total. The van der Waals surface area contributed by atoms with Gasteiger partial charge in [0, 0.05) is 12.1 Å². The summed E-state index contributed by atoms with van der Waals surface area (Å²) in [7, 11) is 1.48. The number of hydrogen-bond donors (Lipinski definition) is 1. The molecular formula is C9H10FNO3. The third kappa shape index (κ3) is 1.51. The predicted octanol–water partition coefficient (Wildman–Crippen LogP) is 1.21. The molecule has 0 aliphatic carbocycles. The Morgan fingerprint density at radius 2 is 2.36 bits per heavy atom. The number of hydroxylamine groups is 1. The lowest BCUT2D eigenvalue weighted by atomic mass is 10.2. The van der Waals surface area contributed by atoms with Crippen molar-refractivity contribution in [3.8, 4) is 11.5 Å². The van der Waals surface area contributed by atoms with Crippen LogP contribution in [0, 0.1) is 5.82 Å². The van der Waals surface area contributed by atoms with E-state index in [1.807, 2.05) is 0 Å². The predicted molar refractivity (Wildman–Crippen MR) is 46.4 cm³/mol. The van der Waals surface area contributed by atoms with Gasteiger partial charge in [0.25, 0.3) is 0 Å². The van der Waals surface area contributed by atoms with E-state index in [0.717, 1.165) is 0 Å². The van der Waals surface area contributed by atoms with Crippen LogP contribution in [-0.4, -0.2) is 13.9 Å². The Morgan fingerprint density at radius 3 is 3.14 bits per heavy atom. The lowest BCUT2D eigenvalue weighted by Crippen LogP contribution is -2.12. The van der Waals surface area contributed by atoms with Crippen LogP contribution in [0.4, 0.5) is 4.39 Å². The van der Waals surface area contributed by atoms with E-state index in [0.29, 0.717) is 17.9 Å². The highest BCUT2D eigenvalue weighted by atomic mass is 19.1. The molecule has 0 unspecified atom stereocenters. The summed E-state index contributed by atoms with van der Waals surface area (Å²) in [6.45, 7) is 0.367. The van der Waals surface area contributed by atoms with Crippen LogP contribution in [-0.2, 0) is 11.4 Å². The Bertz CT molecular complexity index is 343. The second kappa shape index (κ2) is 3.81. The molecule has 1 aliphatic heterocycles. The van der Waals surface area contributed by atoms with E-state index in [2.05, 4.69) is 10.3 Å². The molecule has 1 aromatic carbocycles. The summed E-state index contributed by atoms with van der Waals surface area (Å²) in [5.41, 5.74) is 3.04. The Hall–Kier alpha value is -1.33. The first-order valence-corrected chi connectivity index (χ1v) is 4.15.